The Morgan fingerprint density at radius 3 is 2.35 bits per heavy atom. The Morgan fingerprint density at radius 1 is 0.812 bits per heavy atom. The molecule has 1 radical (unpaired) electrons. The van der Waals surface area contributed by atoms with Crippen LogP contribution in [0, 0.1) is 30.8 Å². The Bertz CT molecular complexity index is 2170. The molecule has 0 bridgehead atoms. The number of halogens is 1. The molecule has 0 N–H and O–H groups in total. The third-order valence-corrected chi connectivity index (χ3v) is 12.3. The topological polar surface area (TPSA) is 51.8 Å². The number of benzene rings is 3. The van der Waals surface area contributed by atoms with E-state index in [9.17, 15) is 4.39 Å². The average Bonchev–Trinajstić information content (AvgIpc) is 3.43. The molecule has 7 heteroatoms. The fourth-order valence-electron chi connectivity index (χ4n) is 5.78. The number of aryl methyl sites for hydroxylation is 1. The van der Waals surface area contributed by atoms with Crippen LogP contribution in [-0.4, -0.2) is 28.2 Å². The molecule has 0 saturated heterocycles. The first-order valence-corrected chi connectivity index (χ1v) is 23.3. The Balaban J connectivity index is 0.000000193. The van der Waals surface area contributed by atoms with Crippen LogP contribution in [0.25, 0.3) is 55.8 Å². The minimum Gasteiger partial charge on any atom is -0.486 e. The third-order valence-electron chi connectivity index (χ3n) is 8.00. The second-order valence-corrected chi connectivity index (χ2v) is 23.9. The van der Waals surface area contributed by atoms with E-state index >= 15 is 0 Å². The standard InChI is InChI=1S/C23H14FN2O.C18H24GeN.Ir/c1-14-10-11-25-21(12-14)19-7-3-6-17-18-8-9-20(26-23(18)27-22(17)19)15-4-2-5-16(24)13-15;1-14(2)11-16-12-18(15-9-7-6-8-10-15)20-13-17(16)19(3,4)5;/h2-6,8-13H,1H3;6-9,12-14H,11H2,1-5H3;/q2*-1;. The Hall–Kier alpha value is -3.97. The number of rotatable bonds is 6. The van der Waals surface area contributed by atoms with E-state index in [-0.39, 0.29) is 25.9 Å². The van der Waals surface area contributed by atoms with E-state index in [2.05, 4.69) is 71.5 Å². The van der Waals surface area contributed by atoms with Crippen molar-refractivity contribution in [2.45, 2.75) is 44.5 Å². The summed E-state index contributed by atoms with van der Waals surface area (Å²) in [7, 11) is 0. The predicted molar refractivity (Wildman–Crippen MR) is 194 cm³/mol. The maximum atomic E-state index is 13.5. The Kier molecular flexibility index (Phi) is 11.1. The zero-order chi connectivity index (χ0) is 33.1. The molecule has 7 aromatic rings. The van der Waals surface area contributed by atoms with Gasteiger partial charge in [-0.1, -0.05) is 34.7 Å². The summed E-state index contributed by atoms with van der Waals surface area (Å²) in [4.78, 5) is 13.8. The van der Waals surface area contributed by atoms with Crippen molar-refractivity contribution >= 4 is 39.7 Å². The molecule has 245 valence electrons. The molecule has 4 aromatic heterocycles. The molecule has 0 atom stereocenters. The molecule has 0 spiro atoms. The quantitative estimate of drug-likeness (QED) is 0.123. The van der Waals surface area contributed by atoms with Crippen LogP contribution >= 0.6 is 0 Å². The summed E-state index contributed by atoms with van der Waals surface area (Å²) in [5, 5.41) is 1.87. The van der Waals surface area contributed by atoms with Crippen molar-refractivity contribution in [2.24, 2.45) is 5.92 Å². The third kappa shape index (κ3) is 8.00. The second-order valence-electron chi connectivity index (χ2n) is 13.3. The number of hydrogen-bond donors (Lipinski definition) is 0. The smallest absolute Gasteiger partial charge is 0.216 e. The maximum absolute atomic E-state index is 13.5. The SMILES string of the molecule is CC(C)Cc1cc(-c2[c-]cccc2)nc[c]1[Ge]([CH3])([CH3])[CH3].Cc1ccnc(-c2[c-]ccc3c2oc2nc(-c4cccc(F)c4)ccc23)c1.[Ir]. The number of aromatic nitrogens is 3. The number of furan rings is 1. The van der Waals surface area contributed by atoms with E-state index in [4.69, 9.17) is 9.40 Å². The van der Waals surface area contributed by atoms with Gasteiger partial charge >= 0.3 is 126 Å². The summed E-state index contributed by atoms with van der Waals surface area (Å²) in [6.45, 7) is 6.60. The van der Waals surface area contributed by atoms with E-state index in [0.29, 0.717) is 28.5 Å². The van der Waals surface area contributed by atoms with Gasteiger partial charge < -0.3 is 9.40 Å². The van der Waals surface area contributed by atoms with Crippen molar-refractivity contribution in [2.75, 3.05) is 0 Å². The van der Waals surface area contributed by atoms with E-state index in [1.54, 1.807) is 16.7 Å². The molecule has 0 aliphatic heterocycles. The first kappa shape index (κ1) is 35.3. The van der Waals surface area contributed by atoms with Crippen molar-refractivity contribution in [3.05, 3.63) is 132 Å². The maximum Gasteiger partial charge on any atom is 0.216 e. The number of nitrogens with zero attached hydrogens (tertiary/aromatic N) is 3. The van der Waals surface area contributed by atoms with Gasteiger partial charge in [0.2, 0.25) is 5.71 Å². The number of fused-ring (bicyclic) bond motifs is 3. The summed E-state index contributed by atoms with van der Waals surface area (Å²) in [5.74, 6) is 7.70. The molecule has 4 nitrogen and oxygen atoms in total. The van der Waals surface area contributed by atoms with Crippen LogP contribution in [0.3, 0.4) is 0 Å². The molecule has 0 unspecified atom stereocenters. The summed E-state index contributed by atoms with van der Waals surface area (Å²) >= 11 is -1.86. The van der Waals surface area contributed by atoms with Crippen molar-refractivity contribution < 1.29 is 28.9 Å². The monoisotopic (exact) mass is 874 g/mol. The fraction of sp³-hybridized carbons (Fsp3) is 0.195. The second kappa shape index (κ2) is 15.1. The Labute approximate surface area is 298 Å². The minimum atomic E-state index is -1.86. The molecular formula is C41H38FGeIrN3O-2. The van der Waals surface area contributed by atoms with Crippen molar-refractivity contribution in [3.8, 4) is 33.8 Å². The largest absolute Gasteiger partial charge is 0.486 e. The first-order valence-electron chi connectivity index (χ1n) is 16.0. The number of hydrogen-bond acceptors (Lipinski definition) is 4. The normalized spacial score (nSPS) is 11.3. The fourth-order valence-corrected chi connectivity index (χ4v) is 9.11. The van der Waals surface area contributed by atoms with Crippen molar-refractivity contribution in [1.82, 2.24) is 15.0 Å². The van der Waals surface area contributed by atoms with Gasteiger partial charge in [0.25, 0.3) is 0 Å². The van der Waals surface area contributed by atoms with E-state index in [1.165, 1.54) is 17.7 Å². The van der Waals surface area contributed by atoms with Gasteiger partial charge in [-0.2, -0.15) is 0 Å². The molecule has 0 fully saturated rings. The summed E-state index contributed by atoms with van der Waals surface area (Å²) in [6, 6.07) is 34.9. The van der Waals surface area contributed by atoms with Gasteiger partial charge in [-0.3, -0.25) is 0 Å². The molecule has 0 aliphatic rings. The van der Waals surface area contributed by atoms with Crippen LogP contribution in [0.5, 0.6) is 0 Å². The van der Waals surface area contributed by atoms with Crippen LogP contribution in [0.15, 0.2) is 108 Å². The number of pyridine rings is 3. The van der Waals surface area contributed by atoms with Gasteiger partial charge in [-0.05, 0) is 42.9 Å². The van der Waals surface area contributed by atoms with E-state index in [1.807, 2.05) is 67.6 Å². The van der Waals surface area contributed by atoms with E-state index in [0.717, 1.165) is 45.3 Å². The predicted octanol–water partition coefficient (Wildman–Crippen LogP) is 10.2. The molecular weight excluding hydrogens is 834 g/mol. The van der Waals surface area contributed by atoms with Crippen LogP contribution in [-0.2, 0) is 26.5 Å². The summed E-state index contributed by atoms with van der Waals surface area (Å²) in [6.07, 6.45) is 5.05. The molecule has 4 heterocycles. The van der Waals surface area contributed by atoms with E-state index < -0.39 is 13.3 Å². The molecule has 0 saturated carbocycles. The van der Waals surface area contributed by atoms with Gasteiger partial charge in [0, 0.05) is 37.3 Å². The summed E-state index contributed by atoms with van der Waals surface area (Å²) in [5.41, 5.74) is 8.97. The van der Waals surface area contributed by atoms with Crippen molar-refractivity contribution in [3.63, 3.8) is 0 Å². The molecule has 7 rings (SSSR count). The summed E-state index contributed by atoms with van der Waals surface area (Å²) < 4.78 is 21.2. The van der Waals surface area contributed by atoms with Crippen LogP contribution in [0.2, 0.25) is 17.3 Å². The van der Waals surface area contributed by atoms with Gasteiger partial charge in [0.05, 0.1) is 11.3 Å². The van der Waals surface area contributed by atoms with Crippen molar-refractivity contribution in [1.29, 1.82) is 0 Å². The van der Waals surface area contributed by atoms with Crippen LogP contribution < -0.4 is 4.40 Å². The van der Waals surface area contributed by atoms with Crippen LogP contribution in [0.4, 0.5) is 4.39 Å². The Morgan fingerprint density at radius 2 is 1.65 bits per heavy atom. The zero-order valence-electron chi connectivity index (χ0n) is 28.1. The van der Waals surface area contributed by atoms with Gasteiger partial charge in [-0.25, -0.2) is 9.37 Å². The van der Waals surface area contributed by atoms with Gasteiger partial charge in [-0.15, -0.1) is 18.2 Å². The first-order chi connectivity index (χ1) is 22.6. The van der Waals surface area contributed by atoms with Crippen LogP contribution in [0.1, 0.15) is 25.0 Å². The zero-order valence-corrected chi connectivity index (χ0v) is 32.6. The van der Waals surface area contributed by atoms with Gasteiger partial charge in [0.1, 0.15) is 5.82 Å². The molecule has 0 aliphatic carbocycles. The molecule has 3 aromatic carbocycles. The average molecular weight is 873 g/mol. The van der Waals surface area contributed by atoms with Gasteiger partial charge in [0.15, 0.2) is 0 Å². The molecule has 0 amide bonds. The molecule has 48 heavy (non-hydrogen) atoms. The minimum absolute atomic E-state index is 0.